The van der Waals surface area contributed by atoms with Gasteiger partial charge in [-0.15, -0.1) is 0 Å². The smallest absolute Gasteiger partial charge is 0.334 e. The molecule has 0 radical (unpaired) electrons. The van der Waals surface area contributed by atoms with Gasteiger partial charge < -0.3 is 9.84 Å². The molecule has 0 saturated carbocycles. The minimum absolute atomic E-state index is 0.0581. The summed E-state index contributed by atoms with van der Waals surface area (Å²) in [5.74, 6) is -0.361. The Labute approximate surface area is 95.4 Å². The molecule has 16 heavy (non-hydrogen) atoms. The molecule has 86 valence electrons. The van der Waals surface area contributed by atoms with E-state index >= 15 is 0 Å². The highest BCUT2D eigenvalue weighted by Gasteiger charge is 2.09. The quantitative estimate of drug-likeness (QED) is 0.610. The molecule has 0 fully saturated rings. The van der Waals surface area contributed by atoms with Gasteiger partial charge in [0.05, 0.1) is 6.61 Å². The average molecular weight is 220 g/mol. The van der Waals surface area contributed by atoms with E-state index in [4.69, 9.17) is 9.84 Å². The maximum atomic E-state index is 11.5. The number of ether oxygens (including phenoxy) is 1. The molecule has 0 bridgehead atoms. The molecule has 0 atom stereocenters. The monoisotopic (exact) mass is 220 g/mol. The molecule has 1 N–H and O–H groups in total. The lowest BCUT2D eigenvalue weighted by Gasteiger charge is -2.05. The van der Waals surface area contributed by atoms with E-state index in [9.17, 15) is 4.79 Å². The molecule has 0 aliphatic carbocycles. The molecule has 0 aromatic heterocycles. The van der Waals surface area contributed by atoms with Crippen LogP contribution in [0.4, 0.5) is 0 Å². The first-order chi connectivity index (χ1) is 7.77. The largest absolute Gasteiger partial charge is 0.463 e. The topological polar surface area (TPSA) is 46.5 Å². The molecular weight excluding hydrogens is 204 g/mol. The van der Waals surface area contributed by atoms with Crippen LogP contribution >= 0.6 is 0 Å². The van der Waals surface area contributed by atoms with Crippen LogP contribution in [0, 0.1) is 0 Å². The van der Waals surface area contributed by atoms with E-state index in [0.717, 1.165) is 5.56 Å². The Morgan fingerprint density at radius 2 is 2.06 bits per heavy atom. The third-order valence-electron chi connectivity index (χ3n) is 2.06. The summed E-state index contributed by atoms with van der Waals surface area (Å²) in [7, 11) is 0. The van der Waals surface area contributed by atoms with E-state index in [1.165, 1.54) is 0 Å². The number of aliphatic hydroxyl groups is 1. The summed E-state index contributed by atoms with van der Waals surface area (Å²) in [6.45, 7) is 2.05. The molecular formula is C13H16O3. The van der Waals surface area contributed by atoms with Crippen LogP contribution in [0.5, 0.6) is 0 Å². The second-order valence-electron chi connectivity index (χ2n) is 3.27. The number of carbonyl (C=O) groups is 1. The van der Waals surface area contributed by atoms with Gasteiger partial charge in [-0.05, 0) is 18.6 Å². The number of rotatable bonds is 5. The van der Waals surface area contributed by atoms with Gasteiger partial charge in [-0.1, -0.05) is 30.3 Å². The number of carbonyl (C=O) groups excluding carboxylic acids is 1. The maximum Gasteiger partial charge on any atom is 0.334 e. The fourth-order valence-electron chi connectivity index (χ4n) is 1.33. The van der Waals surface area contributed by atoms with Crippen LogP contribution in [0.1, 0.15) is 18.9 Å². The third kappa shape index (κ3) is 3.87. The Bertz CT molecular complexity index is 355. The summed E-state index contributed by atoms with van der Waals surface area (Å²) in [6, 6.07) is 9.50. The van der Waals surface area contributed by atoms with Crippen molar-refractivity contribution in [1.29, 1.82) is 0 Å². The normalized spacial score (nSPS) is 11.2. The van der Waals surface area contributed by atoms with Gasteiger partial charge >= 0.3 is 5.97 Å². The summed E-state index contributed by atoms with van der Waals surface area (Å²) in [4.78, 5) is 11.5. The number of benzene rings is 1. The summed E-state index contributed by atoms with van der Waals surface area (Å²) >= 11 is 0. The van der Waals surface area contributed by atoms with Gasteiger partial charge in [0.2, 0.25) is 0 Å². The first kappa shape index (κ1) is 12.5. The fraction of sp³-hybridized carbons (Fsp3) is 0.308. The van der Waals surface area contributed by atoms with Gasteiger partial charge in [0, 0.05) is 18.6 Å². The molecule has 0 amide bonds. The van der Waals surface area contributed by atoms with Crippen molar-refractivity contribution in [2.75, 3.05) is 13.2 Å². The summed E-state index contributed by atoms with van der Waals surface area (Å²) < 4.78 is 4.91. The van der Waals surface area contributed by atoms with Crippen LogP contribution in [0.2, 0.25) is 0 Å². The second kappa shape index (κ2) is 6.80. The van der Waals surface area contributed by atoms with Crippen LogP contribution in [0.15, 0.2) is 35.9 Å². The lowest BCUT2D eigenvalue weighted by molar-refractivity contribution is -0.138. The molecule has 1 aromatic rings. The van der Waals surface area contributed by atoms with Crippen LogP contribution in [0.3, 0.4) is 0 Å². The van der Waals surface area contributed by atoms with Crippen LogP contribution < -0.4 is 0 Å². The first-order valence-electron chi connectivity index (χ1n) is 5.31. The van der Waals surface area contributed by atoms with E-state index in [2.05, 4.69) is 0 Å². The van der Waals surface area contributed by atoms with Crippen molar-refractivity contribution in [2.24, 2.45) is 0 Å². The van der Waals surface area contributed by atoms with Crippen molar-refractivity contribution in [3.05, 3.63) is 41.5 Å². The zero-order valence-corrected chi connectivity index (χ0v) is 9.35. The molecule has 3 heteroatoms. The highest BCUT2D eigenvalue weighted by molar-refractivity contribution is 5.93. The third-order valence-corrected chi connectivity index (χ3v) is 2.06. The van der Waals surface area contributed by atoms with Gasteiger partial charge in [0.25, 0.3) is 0 Å². The molecule has 0 saturated heterocycles. The van der Waals surface area contributed by atoms with Crippen LogP contribution in [0.25, 0.3) is 6.08 Å². The summed E-state index contributed by atoms with van der Waals surface area (Å²) in [6.07, 6.45) is 2.06. The van der Waals surface area contributed by atoms with E-state index in [0.29, 0.717) is 18.6 Å². The Balaban J connectivity index is 2.84. The molecule has 0 heterocycles. The van der Waals surface area contributed by atoms with Crippen molar-refractivity contribution >= 4 is 12.0 Å². The molecule has 1 rings (SSSR count). The second-order valence-corrected chi connectivity index (χ2v) is 3.27. The Hall–Kier alpha value is -1.61. The number of hydrogen-bond donors (Lipinski definition) is 1. The number of hydrogen-bond acceptors (Lipinski definition) is 3. The predicted molar refractivity (Wildman–Crippen MR) is 62.8 cm³/mol. The minimum atomic E-state index is -0.361. The van der Waals surface area contributed by atoms with Gasteiger partial charge in [-0.25, -0.2) is 4.79 Å². The van der Waals surface area contributed by atoms with Crippen molar-refractivity contribution in [2.45, 2.75) is 13.3 Å². The standard InChI is InChI=1S/C13H16O3/c1-2-16-13(15)12(8-9-14)10-11-6-4-3-5-7-11/h3-7,10,14H,2,8-9H2,1H3. The van der Waals surface area contributed by atoms with Crippen LogP contribution in [-0.2, 0) is 9.53 Å². The fourth-order valence-corrected chi connectivity index (χ4v) is 1.33. The molecule has 3 nitrogen and oxygen atoms in total. The van der Waals surface area contributed by atoms with Crippen LogP contribution in [-0.4, -0.2) is 24.3 Å². The molecule has 0 unspecified atom stereocenters. The zero-order chi connectivity index (χ0) is 11.8. The van der Waals surface area contributed by atoms with Gasteiger partial charge in [-0.2, -0.15) is 0 Å². The Morgan fingerprint density at radius 3 is 2.62 bits per heavy atom. The summed E-state index contributed by atoms with van der Waals surface area (Å²) in [5, 5.41) is 8.88. The first-order valence-corrected chi connectivity index (χ1v) is 5.31. The van der Waals surface area contributed by atoms with Crippen molar-refractivity contribution < 1.29 is 14.6 Å². The van der Waals surface area contributed by atoms with Crippen molar-refractivity contribution in [1.82, 2.24) is 0 Å². The highest BCUT2D eigenvalue weighted by atomic mass is 16.5. The zero-order valence-electron chi connectivity index (χ0n) is 9.35. The Kier molecular flexibility index (Phi) is 5.29. The summed E-state index contributed by atoms with van der Waals surface area (Å²) in [5.41, 5.74) is 1.43. The predicted octanol–water partition coefficient (Wildman–Crippen LogP) is 2.02. The van der Waals surface area contributed by atoms with Gasteiger partial charge in [0.1, 0.15) is 0 Å². The highest BCUT2D eigenvalue weighted by Crippen LogP contribution is 2.11. The molecule has 0 aliphatic rings. The molecule has 0 spiro atoms. The SMILES string of the molecule is CCOC(=O)C(=Cc1ccccc1)CCO. The van der Waals surface area contributed by atoms with E-state index < -0.39 is 0 Å². The number of aliphatic hydroxyl groups excluding tert-OH is 1. The Morgan fingerprint density at radius 1 is 1.38 bits per heavy atom. The average Bonchev–Trinajstić information content (AvgIpc) is 2.30. The van der Waals surface area contributed by atoms with E-state index in [1.54, 1.807) is 13.0 Å². The van der Waals surface area contributed by atoms with Crippen molar-refractivity contribution in [3.63, 3.8) is 0 Å². The maximum absolute atomic E-state index is 11.5. The number of esters is 1. The van der Waals surface area contributed by atoms with E-state index in [-0.39, 0.29) is 12.6 Å². The molecule has 0 aliphatic heterocycles. The van der Waals surface area contributed by atoms with Crippen molar-refractivity contribution in [3.8, 4) is 0 Å². The van der Waals surface area contributed by atoms with E-state index in [1.807, 2.05) is 30.3 Å². The lowest BCUT2D eigenvalue weighted by Crippen LogP contribution is -2.08. The van der Waals surface area contributed by atoms with Gasteiger partial charge in [-0.3, -0.25) is 0 Å². The minimum Gasteiger partial charge on any atom is -0.463 e. The lowest BCUT2D eigenvalue weighted by atomic mass is 10.1. The van der Waals surface area contributed by atoms with Gasteiger partial charge in [0.15, 0.2) is 0 Å². The molecule has 1 aromatic carbocycles.